The van der Waals surface area contributed by atoms with E-state index in [-0.39, 0.29) is 11.3 Å². The van der Waals surface area contributed by atoms with E-state index in [1.807, 2.05) is 24.3 Å². The summed E-state index contributed by atoms with van der Waals surface area (Å²) in [6.45, 7) is 6.17. The van der Waals surface area contributed by atoms with Gasteiger partial charge in [-0.3, -0.25) is 9.69 Å². The Hall–Kier alpha value is -2.10. The minimum Gasteiger partial charge on any atom is -0.497 e. The second kappa shape index (κ2) is 5.72. The minimum atomic E-state index is -0.0425. The number of amides is 1. The van der Waals surface area contributed by atoms with E-state index in [1.54, 1.807) is 25.3 Å². The number of pyridine rings is 1. The van der Waals surface area contributed by atoms with Gasteiger partial charge >= 0.3 is 0 Å². The number of carbonyl (C=O) groups excluding carboxylic acids is 1. The smallest absolute Gasteiger partial charge is 0.228 e. The zero-order valence-corrected chi connectivity index (χ0v) is 13.3. The molecule has 1 amide bonds. The maximum Gasteiger partial charge on any atom is 0.228 e. The van der Waals surface area contributed by atoms with Crippen LogP contribution in [0.3, 0.4) is 0 Å². The standard InChI is InChI=1S/C17H22N2O2/c1-17(2,3)11-15(20)19(4)16-14-7-6-13(21-5)10-12(14)8-9-18-16/h6-10H,11H2,1-5H3. The number of hydrogen-bond donors (Lipinski definition) is 0. The van der Waals surface area contributed by atoms with Crippen LogP contribution in [-0.4, -0.2) is 25.0 Å². The third kappa shape index (κ3) is 3.51. The summed E-state index contributed by atoms with van der Waals surface area (Å²) < 4.78 is 5.23. The zero-order chi connectivity index (χ0) is 15.6. The number of methoxy groups -OCH3 is 1. The summed E-state index contributed by atoms with van der Waals surface area (Å²) in [6, 6.07) is 7.69. The molecule has 0 N–H and O–H groups in total. The number of benzene rings is 1. The van der Waals surface area contributed by atoms with Gasteiger partial charge in [0.15, 0.2) is 0 Å². The Morgan fingerprint density at radius 2 is 2.00 bits per heavy atom. The van der Waals surface area contributed by atoms with Gasteiger partial charge in [-0.25, -0.2) is 4.98 Å². The van der Waals surface area contributed by atoms with Crippen molar-refractivity contribution < 1.29 is 9.53 Å². The molecule has 4 heteroatoms. The van der Waals surface area contributed by atoms with E-state index in [4.69, 9.17) is 4.74 Å². The molecule has 0 saturated heterocycles. The Morgan fingerprint density at radius 3 is 2.62 bits per heavy atom. The van der Waals surface area contributed by atoms with E-state index in [2.05, 4.69) is 25.8 Å². The molecule has 1 aromatic heterocycles. The molecule has 1 aromatic carbocycles. The third-order valence-corrected chi connectivity index (χ3v) is 3.32. The lowest BCUT2D eigenvalue weighted by atomic mass is 9.91. The van der Waals surface area contributed by atoms with E-state index in [9.17, 15) is 4.79 Å². The average molecular weight is 286 g/mol. The molecule has 21 heavy (non-hydrogen) atoms. The van der Waals surface area contributed by atoms with Gasteiger partial charge in [-0.2, -0.15) is 0 Å². The summed E-state index contributed by atoms with van der Waals surface area (Å²) in [4.78, 5) is 18.4. The molecular weight excluding hydrogens is 264 g/mol. The first kappa shape index (κ1) is 15.3. The van der Waals surface area contributed by atoms with Crippen molar-refractivity contribution in [1.82, 2.24) is 4.98 Å². The predicted molar refractivity (Wildman–Crippen MR) is 85.8 cm³/mol. The van der Waals surface area contributed by atoms with Gasteiger partial charge < -0.3 is 4.74 Å². The Balaban J connectivity index is 2.39. The molecule has 0 spiro atoms. The van der Waals surface area contributed by atoms with Gasteiger partial charge in [0.05, 0.1) is 7.11 Å². The van der Waals surface area contributed by atoms with Crippen molar-refractivity contribution in [1.29, 1.82) is 0 Å². The van der Waals surface area contributed by atoms with E-state index in [1.165, 1.54) is 0 Å². The number of nitrogens with zero attached hydrogens (tertiary/aromatic N) is 2. The summed E-state index contributed by atoms with van der Waals surface area (Å²) >= 11 is 0. The second-order valence-corrected chi connectivity index (χ2v) is 6.41. The highest BCUT2D eigenvalue weighted by atomic mass is 16.5. The number of ether oxygens (including phenoxy) is 1. The molecule has 0 unspecified atom stereocenters. The van der Waals surface area contributed by atoms with Gasteiger partial charge in [-0.05, 0) is 35.1 Å². The molecule has 112 valence electrons. The van der Waals surface area contributed by atoms with Crippen LogP contribution in [0.2, 0.25) is 0 Å². The second-order valence-electron chi connectivity index (χ2n) is 6.41. The molecule has 2 rings (SSSR count). The molecular formula is C17H22N2O2. The van der Waals surface area contributed by atoms with E-state index in [0.717, 1.165) is 16.5 Å². The fraction of sp³-hybridized carbons (Fsp3) is 0.412. The van der Waals surface area contributed by atoms with Gasteiger partial charge in [0.25, 0.3) is 0 Å². The lowest BCUT2D eigenvalue weighted by Gasteiger charge is -2.23. The van der Waals surface area contributed by atoms with Crippen LogP contribution in [0.1, 0.15) is 27.2 Å². The number of fused-ring (bicyclic) bond motifs is 1. The molecule has 2 aromatic rings. The SMILES string of the molecule is COc1ccc2c(N(C)C(=O)CC(C)(C)C)nccc2c1. The maximum atomic E-state index is 12.4. The molecule has 0 bridgehead atoms. The normalized spacial score (nSPS) is 11.5. The fourth-order valence-electron chi connectivity index (χ4n) is 2.22. The Kier molecular flexibility index (Phi) is 4.16. The molecule has 0 aliphatic heterocycles. The van der Waals surface area contributed by atoms with Crippen LogP contribution in [0.25, 0.3) is 10.8 Å². The fourth-order valence-corrected chi connectivity index (χ4v) is 2.22. The number of rotatable bonds is 3. The summed E-state index contributed by atoms with van der Waals surface area (Å²) in [5.74, 6) is 1.55. The van der Waals surface area contributed by atoms with Crippen molar-refractivity contribution >= 4 is 22.5 Å². The van der Waals surface area contributed by atoms with Gasteiger partial charge in [-0.1, -0.05) is 20.8 Å². The minimum absolute atomic E-state index is 0.0425. The van der Waals surface area contributed by atoms with E-state index < -0.39 is 0 Å². The Morgan fingerprint density at radius 1 is 1.29 bits per heavy atom. The lowest BCUT2D eigenvalue weighted by molar-refractivity contribution is -0.120. The average Bonchev–Trinajstić information content (AvgIpc) is 2.43. The van der Waals surface area contributed by atoms with Crippen LogP contribution in [0.4, 0.5) is 5.82 Å². The molecule has 0 aliphatic carbocycles. The van der Waals surface area contributed by atoms with Gasteiger partial charge in [-0.15, -0.1) is 0 Å². The summed E-state index contributed by atoms with van der Waals surface area (Å²) in [5, 5.41) is 1.96. The van der Waals surface area contributed by atoms with Crippen LogP contribution < -0.4 is 9.64 Å². The molecule has 0 fully saturated rings. The largest absolute Gasteiger partial charge is 0.497 e. The van der Waals surface area contributed by atoms with Gasteiger partial charge in [0.2, 0.25) is 5.91 Å². The van der Waals surface area contributed by atoms with Crippen LogP contribution in [-0.2, 0) is 4.79 Å². The van der Waals surface area contributed by atoms with Crippen LogP contribution in [0, 0.1) is 5.41 Å². The number of hydrogen-bond acceptors (Lipinski definition) is 3. The highest BCUT2D eigenvalue weighted by molar-refractivity contribution is 6.02. The van der Waals surface area contributed by atoms with E-state index in [0.29, 0.717) is 12.2 Å². The quantitative estimate of drug-likeness (QED) is 0.865. The highest BCUT2D eigenvalue weighted by Crippen LogP contribution is 2.28. The van der Waals surface area contributed by atoms with E-state index >= 15 is 0 Å². The Labute approximate surface area is 125 Å². The predicted octanol–water partition coefficient (Wildman–Crippen LogP) is 3.64. The third-order valence-electron chi connectivity index (χ3n) is 3.32. The van der Waals surface area contributed by atoms with Crippen molar-refractivity contribution in [2.75, 3.05) is 19.1 Å². The summed E-state index contributed by atoms with van der Waals surface area (Å²) in [5.41, 5.74) is -0.0425. The zero-order valence-electron chi connectivity index (χ0n) is 13.3. The summed E-state index contributed by atoms with van der Waals surface area (Å²) in [6.07, 6.45) is 2.20. The number of carbonyl (C=O) groups is 1. The summed E-state index contributed by atoms with van der Waals surface area (Å²) in [7, 11) is 3.42. The van der Waals surface area contributed by atoms with Crippen molar-refractivity contribution in [2.24, 2.45) is 5.41 Å². The first-order chi connectivity index (χ1) is 9.81. The van der Waals surface area contributed by atoms with Crippen molar-refractivity contribution in [3.8, 4) is 5.75 Å². The highest BCUT2D eigenvalue weighted by Gasteiger charge is 2.21. The molecule has 0 atom stereocenters. The van der Waals surface area contributed by atoms with Crippen molar-refractivity contribution in [2.45, 2.75) is 27.2 Å². The molecule has 0 radical (unpaired) electrons. The van der Waals surface area contributed by atoms with Gasteiger partial charge in [0.1, 0.15) is 11.6 Å². The monoisotopic (exact) mass is 286 g/mol. The number of aromatic nitrogens is 1. The maximum absolute atomic E-state index is 12.4. The topological polar surface area (TPSA) is 42.4 Å². The number of anilines is 1. The molecule has 4 nitrogen and oxygen atoms in total. The first-order valence-corrected chi connectivity index (χ1v) is 7.01. The Bertz CT molecular complexity index is 659. The molecule has 0 saturated carbocycles. The first-order valence-electron chi connectivity index (χ1n) is 7.01. The van der Waals surface area contributed by atoms with Gasteiger partial charge in [0, 0.05) is 25.1 Å². The van der Waals surface area contributed by atoms with Crippen molar-refractivity contribution in [3.05, 3.63) is 30.5 Å². The van der Waals surface area contributed by atoms with Crippen LogP contribution in [0.15, 0.2) is 30.5 Å². The van der Waals surface area contributed by atoms with Crippen LogP contribution in [0.5, 0.6) is 5.75 Å². The molecule has 0 aliphatic rings. The molecule has 1 heterocycles. The van der Waals surface area contributed by atoms with Crippen molar-refractivity contribution in [3.63, 3.8) is 0 Å². The lowest BCUT2D eigenvalue weighted by Crippen LogP contribution is -2.30. The van der Waals surface area contributed by atoms with Crippen LogP contribution >= 0.6 is 0 Å².